The lowest BCUT2D eigenvalue weighted by molar-refractivity contribution is -0.117. The summed E-state index contributed by atoms with van der Waals surface area (Å²) in [5, 5.41) is 7.39. The van der Waals surface area contributed by atoms with Gasteiger partial charge in [-0.25, -0.2) is 4.98 Å². The van der Waals surface area contributed by atoms with Gasteiger partial charge in [-0.2, -0.15) is 5.10 Å². The van der Waals surface area contributed by atoms with E-state index >= 15 is 0 Å². The summed E-state index contributed by atoms with van der Waals surface area (Å²) < 4.78 is 0.997. The fourth-order valence-electron chi connectivity index (χ4n) is 2.79. The van der Waals surface area contributed by atoms with Crippen LogP contribution in [-0.2, 0) is 4.79 Å². The number of hydrazone groups is 1. The molecule has 1 amide bonds. The zero-order chi connectivity index (χ0) is 18.1. The number of hydrogen-bond acceptors (Lipinski definition) is 6. The summed E-state index contributed by atoms with van der Waals surface area (Å²) in [6.07, 6.45) is 0. The van der Waals surface area contributed by atoms with Gasteiger partial charge < -0.3 is 10.7 Å². The highest BCUT2D eigenvalue weighted by atomic mass is 32.1. The van der Waals surface area contributed by atoms with Crippen molar-refractivity contribution >= 4 is 44.1 Å². The Kier molecular flexibility index (Phi) is 4.22. The van der Waals surface area contributed by atoms with Crippen molar-refractivity contribution in [2.75, 3.05) is 11.9 Å². The quantitative estimate of drug-likeness (QED) is 0.697. The van der Waals surface area contributed by atoms with Crippen LogP contribution in [0.4, 0.5) is 5.13 Å². The van der Waals surface area contributed by atoms with E-state index in [-0.39, 0.29) is 17.4 Å². The highest BCUT2D eigenvalue weighted by Crippen LogP contribution is 2.26. The number of thiazole rings is 1. The summed E-state index contributed by atoms with van der Waals surface area (Å²) in [7, 11) is 0. The Labute approximate surface area is 154 Å². The molecule has 0 saturated heterocycles. The molecule has 1 unspecified atom stereocenters. The van der Waals surface area contributed by atoms with Gasteiger partial charge in [0.2, 0.25) is 11.7 Å². The van der Waals surface area contributed by atoms with E-state index in [0.29, 0.717) is 17.2 Å². The molecule has 1 aromatic heterocycles. The summed E-state index contributed by atoms with van der Waals surface area (Å²) in [4.78, 5) is 29.8. The SMILES string of the molecule is Cc1ccc(C(=O)C2=NNCC2C(=O)Nc2nc3ccccc3s2)cc1. The van der Waals surface area contributed by atoms with E-state index in [2.05, 4.69) is 20.8 Å². The molecule has 2 aromatic carbocycles. The maximum Gasteiger partial charge on any atom is 0.237 e. The second-order valence-electron chi connectivity index (χ2n) is 6.08. The van der Waals surface area contributed by atoms with Crippen LogP contribution in [0.25, 0.3) is 10.2 Å². The van der Waals surface area contributed by atoms with E-state index in [1.807, 2.05) is 43.3 Å². The van der Waals surface area contributed by atoms with Gasteiger partial charge in [0.25, 0.3) is 0 Å². The van der Waals surface area contributed by atoms with Gasteiger partial charge in [0, 0.05) is 5.56 Å². The highest BCUT2D eigenvalue weighted by Gasteiger charge is 2.34. The molecular formula is C19H16N4O2S. The average molecular weight is 364 g/mol. The molecule has 0 aliphatic carbocycles. The lowest BCUT2D eigenvalue weighted by Crippen LogP contribution is -2.34. The van der Waals surface area contributed by atoms with Crippen molar-refractivity contribution in [2.45, 2.75) is 6.92 Å². The Balaban J connectivity index is 1.52. The van der Waals surface area contributed by atoms with Crippen LogP contribution in [0.3, 0.4) is 0 Å². The molecule has 2 heterocycles. The predicted octanol–water partition coefficient (Wildman–Crippen LogP) is 3.00. The molecule has 0 spiro atoms. The normalized spacial score (nSPS) is 16.2. The van der Waals surface area contributed by atoms with Crippen molar-refractivity contribution in [1.82, 2.24) is 10.4 Å². The topological polar surface area (TPSA) is 83.5 Å². The second kappa shape index (κ2) is 6.68. The van der Waals surface area contributed by atoms with Gasteiger partial charge in [-0.3, -0.25) is 9.59 Å². The molecule has 4 rings (SSSR count). The summed E-state index contributed by atoms with van der Waals surface area (Å²) >= 11 is 1.40. The minimum Gasteiger partial charge on any atom is -0.308 e. The number of aryl methyl sites for hydroxylation is 1. The van der Waals surface area contributed by atoms with Crippen LogP contribution in [0.5, 0.6) is 0 Å². The van der Waals surface area contributed by atoms with Crippen molar-refractivity contribution in [3.63, 3.8) is 0 Å². The molecule has 1 aliphatic rings. The van der Waals surface area contributed by atoms with Gasteiger partial charge >= 0.3 is 0 Å². The number of anilines is 1. The summed E-state index contributed by atoms with van der Waals surface area (Å²) in [5.74, 6) is -1.16. The molecule has 26 heavy (non-hydrogen) atoms. The molecule has 3 aromatic rings. The Hall–Kier alpha value is -3.06. The van der Waals surface area contributed by atoms with Gasteiger partial charge in [-0.1, -0.05) is 53.3 Å². The maximum atomic E-state index is 12.7. The first-order chi connectivity index (χ1) is 12.6. The number of para-hydroxylation sites is 1. The van der Waals surface area contributed by atoms with E-state index in [0.717, 1.165) is 15.8 Å². The third-order valence-corrected chi connectivity index (χ3v) is 5.16. The van der Waals surface area contributed by atoms with Gasteiger partial charge in [0.1, 0.15) is 11.6 Å². The largest absolute Gasteiger partial charge is 0.308 e. The van der Waals surface area contributed by atoms with Crippen LogP contribution in [-0.4, -0.2) is 28.9 Å². The Morgan fingerprint density at radius 2 is 1.92 bits per heavy atom. The monoisotopic (exact) mass is 364 g/mol. The molecule has 6 nitrogen and oxygen atoms in total. The predicted molar refractivity (Wildman–Crippen MR) is 103 cm³/mol. The molecular weight excluding hydrogens is 348 g/mol. The lowest BCUT2D eigenvalue weighted by Gasteiger charge is -2.10. The molecule has 1 aliphatic heterocycles. The van der Waals surface area contributed by atoms with Crippen LogP contribution in [0.2, 0.25) is 0 Å². The number of nitrogens with one attached hydrogen (secondary N) is 2. The lowest BCUT2D eigenvalue weighted by atomic mass is 9.95. The van der Waals surface area contributed by atoms with E-state index in [1.54, 1.807) is 12.1 Å². The number of carbonyl (C=O) groups excluding carboxylic acids is 2. The number of aromatic nitrogens is 1. The number of hydrogen-bond donors (Lipinski definition) is 2. The number of Topliss-reactive ketones (excluding diaryl/α,β-unsaturated/α-hetero) is 1. The van der Waals surface area contributed by atoms with Crippen molar-refractivity contribution in [3.8, 4) is 0 Å². The first-order valence-electron chi connectivity index (χ1n) is 8.20. The van der Waals surface area contributed by atoms with Gasteiger partial charge in [-0.15, -0.1) is 0 Å². The Morgan fingerprint density at radius 3 is 2.69 bits per heavy atom. The summed E-state index contributed by atoms with van der Waals surface area (Å²) in [6, 6.07) is 14.9. The number of fused-ring (bicyclic) bond motifs is 1. The summed E-state index contributed by atoms with van der Waals surface area (Å²) in [5.41, 5.74) is 5.42. The first kappa shape index (κ1) is 16.4. The zero-order valence-electron chi connectivity index (χ0n) is 14.0. The highest BCUT2D eigenvalue weighted by molar-refractivity contribution is 7.22. The third-order valence-electron chi connectivity index (χ3n) is 4.21. The molecule has 1 atom stereocenters. The Bertz CT molecular complexity index is 990. The number of benzene rings is 2. The molecule has 2 N–H and O–H groups in total. The van der Waals surface area contributed by atoms with Crippen LogP contribution in [0.1, 0.15) is 15.9 Å². The summed E-state index contributed by atoms with van der Waals surface area (Å²) in [6.45, 7) is 2.25. The number of carbonyl (C=O) groups is 2. The first-order valence-corrected chi connectivity index (χ1v) is 9.02. The number of ketones is 1. The fraction of sp³-hybridized carbons (Fsp3) is 0.158. The molecule has 130 valence electrons. The smallest absolute Gasteiger partial charge is 0.237 e. The minimum atomic E-state index is -0.643. The van der Waals surface area contributed by atoms with Crippen molar-refractivity contribution in [2.24, 2.45) is 11.0 Å². The Morgan fingerprint density at radius 1 is 1.15 bits per heavy atom. The van der Waals surface area contributed by atoms with Crippen molar-refractivity contribution in [1.29, 1.82) is 0 Å². The standard InChI is InChI=1S/C19H16N4O2S/c1-11-6-8-12(9-7-11)17(24)16-13(10-20-23-16)18(25)22-19-21-14-4-2-3-5-15(14)26-19/h2-9,13,20H,10H2,1H3,(H,21,22,25). The molecule has 0 bridgehead atoms. The number of amides is 1. The maximum absolute atomic E-state index is 12.7. The van der Waals surface area contributed by atoms with Crippen molar-refractivity contribution < 1.29 is 9.59 Å². The number of nitrogens with zero attached hydrogens (tertiary/aromatic N) is 2. The fourth-order valence-corrected chi connectivity index (χ4v) is 3.66. The van der Waals surface area contributed by atoms with Gasteiger partial charge in [0.15, 0.2) is 5.13 Å². The zero-order valence-corrected chi connectivity index (χ0v) is 14.8. The average Bonchev–Trinajstić information content (AvgIpc) is 3.28. The van der Waals surface area contributed by atoms with Crippen LogP contribution < -0.4 is 10.7 Å². The van der Waals surface area contributed by atoms with E-state index in [4.69, 9.17) is 0 Å². The molecule has 0 saturated carbocycles. The van der Waals surface area contributed by atoms with Gasteiger partial charge in [0.05, 0.1) is 16.8 Å². The molecule has 7 heteroatoms. The second-order valence-corrected chi connectivity index (χ2v) is 7.11. The molecule has 0 fully saturated rings. The number of rotatable bonds is 4. The van der Waals surface area contributed by atoms with E-state index < -0.39 is 5.92 Å². The molecule has 0 radical (unpaired) electrons. The van der Waals surface area contributed by atoms with E-state index in [1.165, 1.54) is 11.3 Å². The van der Waals surface area contributed by atoms with Crippen LogP contribution in [0.15, 0.2) is 53.6 Å². The van der Waals surface area contributed by atoms with Crippen LogP contribution >= 0.6 is 11.3 Å². The minimum absolute atomic E-state index is 0.229. The third kappa shape index (κ3) is 3.09. The van der Waals surface area contributed by atoms with E-state index in [9.17, 15) is 9.59 Å². The van der Waals surface area contributed by atoms with Crippen LogP contribution in [0, 0.1) is 12.8 Å². The van der Waals surface area contributed by atoms with Gasteiger partial charge in [-0.05, 0) is 19.1 Å². The van der Waals surface area contributed by atoms with Crippen molar-refractivity contribution in [3.05, 3.63) is 59.7 Å².